The van der Waals surface area contributed by atoms with E-state index in [0.717, 1.165) is 12.8 Å². The Morgan fingerprint density at radius 1 is 1.28 bits per heavy atom. The van der Waals surface area contributed by atoms with Crippen LogP contribution < -0.4 is 5.32 Å². The third kappa shape index (κ3) is 2.25. The number of carbonyl (C=O) groups is 1. The summed E-state index contributed by atoms with van der Waals surface area (Å²) >= 11 is 12.1. The molecule has 0 saturated heterocycles. The molecule has 0 heterocycles. The predicted octanol–water partition coefficient (Wildman–Crippen LogP) is 2.56. The van der Waals surface area contributed by atoms with Crippen molar-refractivity contribution in [2.75, 3.05) is 20.6 Å². The molecule has 2 rings (SSSR count). The quantitative estimate of drug-likeness (QED) is 0.808. The Hall–Kier alpha value is 0.01000. The van der Waals surface area contributed by atoms with Crippen molar-refractivity contribution in [3.8, 4) is 0 Å². The zero-order valence-corrected chi connectivity index (χ0v) is 12.9. The lowest BCUT2D eigenvalue weighted by Gasteiger charge is -2.36. The van der Waals surface area contributed by atoms with Crippen molar-refractivity contribution in [2.45, 2.75) is 48.9 Å². The molecule has 0 aromatic heterocycles. The van der Waals surface area contributed by atoms with Gasteiger partial charge in [0.2, 0.25) is 5.91 Å². The first-order valence-corrected chi connectivity index (χ1v) is 7.33. The summed E-state index contributed by atoms with van der Waals surface area (Å²) in [5.74, 6) is -0.0133. The van der Waals surface area contributed by atoms with E-state index in [-0.39, 0.29) is 11.4 Å². The van der Waals surface area contributed by atoms with Crippen LogP contribution in [0.15, 0.2) is 0 Å². The Morgan fingerprint density at radius 3 is 2.17 bits per heavy atom. The summed E-state index contributed by atoms with van der Waals surface area (Å²) in [4.78, 5) is 14.4. The number of halogens is 2. The number of amides is 1. The molecule has 0 bridgehead atoms. The molecule has 1 amide bonds. The van der Waals surface area contributed by atoms with E-state index in [1.54, 1.807) is 0 Å². The summed E-state index contributed by atoms with van der Waals surface area (Å²) in [6.07, 6.45) is 5.30. The number of rotatable bonds is 4. The highest BCUT2D eigenvalue weighted by Crippen LogP contribution is 2.63. The minimum Gasteiger partial charge on any atom is -0.354 e. The Balaban J connectivity index is 1.93. The molecule has 104 valence electrons. The van der Waals surface area contributed by atoms with Gasteiger partial charge in [0.15, 0.2) is 0 Å². The second-order valence-corrected chi connectivity index (χ2v) is 7.71. The molecule has 18 heavy (non-hydrogen) atoms. The maximum absolute atomic E-state index is 12.2. The average Bonchev–Trinajstić information content (AvgIpc) is 2.69. The van der Waals surface area contributed by atoms with Crippen molar-refractivity contribution in [1.29, 1.82) is 0 Å². The Kier molecular flexibility index (Phi) is 3.63. The van der Waals surface area contributed by atoms with Gasteiger partial charge in [-0.3, -0.25) is 4.79 Å². The molecule has 0 radical (unpaired) electrons. The molecule has 1 atom stereocenters. The Morgan fingerprint density at radius 2 is 1.78 bits per heavy atom. The van der Waals surface area contributed by atoms with Gasteiger partial charge in [-0.05, 0) is 40.3 Å². The van der Waals surface area contributed by atoms with E-state index in [2.05, 4.69) is 24.3 Å². The fourth-order valence-electron chi connectivity index (χ4n) is 2.90. The molecule has 2 saturated carbocycles. The summed E-state index contributed by atoms with van der Waals surface area (Å²) < 4.78 is -0.877. The van der Waals surface area contributed by atoms with Crippen LogP contribution in [0.3, 0.4) is 0 Å². The number of alkyl halides is 2. The van der Waals surface area contributed by atoms with Crippen LogP contribution in [0.25, 0.3) is 0 Å². The van der Waals surface area contributed by atoms with Crippen LogP contribution in [0.1, 0.15) is 39.0 Å². The lowest BCUT2D eigenvalue weighted by atomic mass is 9.95. The van der Waals surface area contributed by atoms with Crippen molar-refractivity contribution < 1.29 is 4.79 Å². The Labute approximate surface area is 119 Å². The fraction of sp³-hybridized carbons (Fsp3) is 0.923. The van der Waals surface area contributed by atoms with E-state index in [9.17, 15) is 4.79 Å². The first kappa shape index (κ1) is 14.4. The van der Waals surface area contributed by atoms with Gasteiger partial charge >= 0.3 is 0 Å². The average molecular weight is 293 g/mol. The van der Waals surface area contributed by atoms with Crippen molar-refractivity contribution in [2.24, 2.45) is 5.41 Å². The van der Waals surface area contributed by atoms with Crippen LogP contribution in [0.2, 0.25) is 0 Å². The number of nitrogens with zero attached hydrogens (tertiary/aromatic N) is 1. The second-order valence-electron chi connectivity index (χ2n) is 6.22. The van der Waals surface area contributed by atoms with Gasteiger partial charge in [-0.2, -0.15) is 0 Å². The molecule has 0 aromatic carbocycles. The van der Waals surface area contributed by atoms with Crippen LogP contribution in [-0.4, -0.2) is 41.3 Å². The van der Waals surface area contributed by atoms with Crippen molar-refractivity contribution >= 4 is 29.1 Å². The smallest absolute Gasteiger partial charge is 0.229 e. The van der Waals surface area contributed by atoms with E-state index in [4.69, 9.17) is 23.2 Å². The van der Waals surface area contributed by atoms with Gasteiger partial charge in [0, 0.05) is 12.1 Å². The highest BCUT2D eigenvalue weighted by atomic mass is 35.5. The fourth-order valence-corrected chi connectivity index (χ4v) is 3.61. The van der Waals surface area contributed by atoms with Gasteiger partial charge in [0.05, 0.1) is 5.41 Å². The minimum absolute atomic E-state index is 0.0133. The summed E-state index contributed by atoms with van der Waals surface area (Å²) in [5.41, 5.74) is -0.496. The van der Waals surface area contributed by atoms with E-state index < -0.39 is 9.75 Å². The first-order valence-electron chi connectivity index (χ1n) is 6.57. The van der Waals surface area contributed by atoms with E-state index in [0.29, 0.717) is 13.0 Å². The van der Waals surface area contributed by atoms with Gasteiger partial charge < -0.3 is 10.2 Å². The summed E-state index contributed by atoms with van der Waals surface area (Å²) in [6.45, 7) is 2.53. The lowest BCUT2D eigenvalue weighted by Crippen LogP contribution is -2.52. The minimum atomic E-state index is -0.877. The summed E-state index contributed by atoms with van der Waals surface area (Å²) in [5, 5.41) is 3.06. The molecule has 2 fully saturated rings. The maximum Gasteiger partial charge on any atom is 0.229 e. The van der Waals surface area contributed by atoms with Gasteiger partial charge in [-0.25, -0.2) is 0 Å². The molecule has 0 aromatic rings. The number of nitrogens with one attached hydrogen (secondary N) is 1. The molecule has 0 spiro atoms. The zero-order valence-electron chi connectivity index (χ0n) is 11.4. The molecule has 2 aliphatic carbocycles. The zero-order chi connectivity index (χ0) is 13.6. The molecular weight excluding hydrogens is 271 g/mol. The third-order valence-electron chi connectivity index (χ3n) is 4.82. The van der Waals surface area contributed by atoms with E-state index in [1.807, 2.05) is 6.92 Å². The predicted molar refractivity (Wildman–Crippen MR) is 75.1 cm³/mol. The summed E-state index contributed by atoms with van der Waals surface area (Å²) in [6, 6.07) is 0. The van der Waals surface area contributed by atoms with E-state index >= 15 is 0 Å². The maximum atomic E-state index is 12.2. The summed E-state index contributed by atoms with van der Waals surface area (Å²) in [7, 11) is 4.17. The van der Waals surface area contributed by atoms with Gasteiger partial charge in [0.25, 0.3) is 0 Å². The normalized spacial score (nSPS) is 32.6. The SMILES string of the molecule is CN(C)C1(CNC(=O)[C@@]2(C)CC2(Cl)Cl)CCCC1. The molecule has 0 aliphatic heterocycles. The number of hydrogen-bond acceptors (Lipinski definition) is 2. The Bertz CT molecular complexity index is 351. The standard InChI is InChI=1S/C13H22Cl2N2O/c1-11(8-13(11,14)15)10(18)16-9-12(17(2)3)6-4-5-7-12/h4-9H2,1-3H3,(H,16,18)/t11-/m1/s1. The molecule has 3 nitrogen and oxygen atoms in total. The van der Waals surface area contributed by atoms with Crippen LogP contribution in [-0.2, 0) is 4.79 Å². The van der Waals surface area contributed by atoms with Crippen molar-refractivity contribution in [3.05, 3.63) is 0 Å². The highest BCUT2D eigenvalue weighted by molar-refractivity contribution is 6.53. The largest absolute Gasteiger partial charge is 0.354 e. The van der Waals surface area contributed by atoms with Crippen molar-refractivity contribution in [1.82, 2.24) is 10.2 Å². The van der Waals surface area contributed by atoms with Crippen molar-refractivity contribution in [3.63, 3.8) is 0 Å². The van der Waals surface area contributed by atoms with Gasteiger partial charge in [-0.1, -0.05) is 12.8 Å². The molecule has 0 unspecified atom stereocenters. The van der Waals surface area contributed by atoms with E-state index in [1.165, 1.54) is 12.8 Å². The molecular formula is C13H22Cl2N2O. The molecule has 2 aliphatic rings. The van der Waals surface area contributed by atoms with Gasteiger partial charge in [0.1, 0.15) is 4.33 Å². The highest BCUT2D eigenvalue weighted by Gasteiger charge is 2.67. The second kappa shape index (κ2) is 4.53. The van der Waals surface area contributed by atoms with Crippen LogP contribution in [0, 0.1) is 5.41 Å². The van der Waals surface area contributed by atoms with Crippen LogP contribution >= 0.6 is 23.2 Å². The van der Waals surface area contributed by atoms with Crippen LogP contribution in [0.5, 0.6) is 0 Å². The van der Waals surface area contributed by atoms with Crippen LogP contribution in [0.4, 0.5) is 0 Å². The number of likely N-dealkylation sites (N-methyl/N-ethyl adjacent to an activating group) is 1. The number of carbonyl (C=O) groups excluding carboxylic acids is 1. The first-order chi connectivity index (χ1) is 8.24. The van der Waals surface area contributed by atoms with Gasteiger partial charge in [-0.15, -0.1) is 23.2 Å². The number of hydrogen-bond donors (Lipinski definition) is 1. The molecule has 1 N–H and O–H groups in total. The third-order valence-corrected chi connectivity index (χ3v) is 5.92. The monoisotopic (exact) mass is 292 g/mol. The molecule has 5 heteroatoms. The topological polar surface area (TPSA) is 32.3 Å². The lowest BCUT2D eigenvalue weighted by molar-refractivity contribution is -0.126.